The van der Waals surface area contributed by atoms with Crippen LogP contribution in [0, 0.1) is 0 Å². The third-order valence-corrected chi connectivity index (χ3v) is 0.368. The van der Waals surface area contributed by atoms with Gasteiger partial charge in [0.2, 0.25) is 0 Å². The van der Waals surface area contributed by atoms with E-state index in [-0.39, 0.29) is 17.1 Å². The summed E-state index contributed by atoms with van der Waals surface area (Å²) < 4.78 is 0. The summed E-state index contributed by atoms with van der Waals surface area (Å²) in [4.78, 5) is 19.1. The maximum atomic E-state index is 9.55. The van der Waals surface area contributed by atoms with Crippen LogP contribution in [-0.2, 0) is 9.59 Å². The molecular weight excluding hydrogens is 191 g/mol. The van der Waals surface area contributed by atoms with Crippen molar-refractivity contribution >= 4 is 29.0 Å². The fraction of sp³-hybridized carbons (Fsp3) is 0. The molecule has 2 N–H and O–H groups in total. The largest absolute Gasteiger partial charge is 0.478 e. The first-order valence-corrected chi connectivity index (χ1v) is 1.77. The molecule has 9 heavy (non-hydrogen) atoms. The molecule has 0 amide bonds. The number of carboxylic acids is 2. The Hall–Kier alpha value is -0.801. The Kier molecular flexibility index (Phi) is 6.56. The molecule has 0 saturated heterocycles. The van der Waals surface area contributed by atoms with Crippen LogP contribution in [0.1, 0.15) is 0 Å². The zero-order valence-electron chi connectivity index (χ0n) is 4.27. The van der Waals surface area contributed by atoms with Crippen molar-refractivity contribution in [2.75, 3.05) is 0 Å². The molecule has 0 saturated carbocycles. The first-order chi connectivity index (χ1) is 3.63. The van der Waals surface area contributed by atoms with E-state index < -0.39 is 11.9 Å². The van der Waals surface area contributed by atoms with E-state index in [9.17, 15) is 9.59 Å². The van der Waals surface area contributed by atoms with Crippen LogP contribution >= 0.6 is 0 Å². The zero-order valence-corrected chi connectivity index (χ0v) is 5.99. The molecule has 5 heteroatoms. The second kappa shape index (κ2) is 5.34. The molecule has 0 aliphatic heterocycles. The summed E-state index contributed by atoms with van der Waals surface area (Å²) in [6, 6.07) is 0. The molecule has 4 nitrogen and oxygen atoms in total. The zero-order chi connectivity index (χ0) is 6.57. The molecular formula is C4H4O4Se. The Labute approximate surface area is 61.7 Å². The normalized spacial score (nSPS) is 8.44. The summed E-state index contributed by atoms with van der Waals surface area (Å²) in [5.74, 6) is -2.51. The van der Waals surface area contributed by atoms with E-state index in [4.69, 9.17) is 10.2 Å². The standard InChI is InChI=1S/C4H4O4.Se/c5-3(6)1-2-4(7)8;/h1-2H,(H,5,6)(H,7,8);/b2-1+;. The van der Waals surface area contributed by atoms with Crippen LogP contribution in [0.4, 0.5) is 0 Å². The van der Waals surface area contributed by atoms with Crippen molar-refractivity contribution in [1.29, 1.82) is 0 Å². The van der Waals surface area contributed by atoms with E-state index in [1.165, 1.54) is 0 Å². The van der Waals surface area contributed by atoms with Crippen LogP contribution in [0.3, 0.4) is 0 Å². The topological polar surface area (TPSA) is 74.6 Å². The van der Waals surface area contributed by atoms with Gasteiger partial charge in [0.1, 0.15) is 0 Å². The molecule has 0 heterocycles. The predicted octanol–water partition coefficient (Wildman–Crippen LogP) is -0.669. The summed E-state index contributed by atoms with van der Waals surface area (Å²) in [6.45, 7) is 0. The first-order valence-electron chi connectivity index (χ1n) is 1.77. The average molecular weight is 195 g/mol. The van der Waals surface area contributed by atoms with Crippen molar-refractivity contribution in [2.45, 2.75) is 0 Å². The molecule has 0 fully saturated rings. The van der Waals surface area contributed by atoms with Gasteiger partial charge in [-0.3, -0.25) is 0 Å². The number of rotatable bonds is 2. The summed E-state index contributed by atoms with van der Waals surface area (Å²) in [7, 11) is 0. The third-order valence-electron chi connectivity index (χ3n) is 0.368. The Morgan fingerprint density at radius 3 is 1.33 bits per heavy atom. The van der Waals surface area contributed by atoms with Gasteiger partial charge in [-0.1, -0.05) is 0 Å². The quantitative estimate of drug-likeness (QED) is 0.452. The number of hydrogen-bond donors (Lipinski definition) is 2. The van der Waals surface area contributed by atoms with Gasteiger partial charge in [-0.05, 0) is 0 Å². The van der Waals surface area contributed by atoms with Crippen LogP contribution in [0.5, 0.6) is 0 Å². The SMILES string of the molecule is O=C(O)/C=C/C(=O)O.[Se]. The van der Waals surface area contributed by atoms with Gasteiger partial charge in [0.05, 0.1) is 0 Å². The first kappa shape index (κ1) is 11.1. The summed E-state index contributed by atoms with van der Waals surface area (Å²) in [5.41, 5.74) is 0. The Balaban J connectivity index is 0. The Bertz CT molecular complexity index is 124. The van der Waals surface area contributed by atoms with Gasteiger partial charge in [-0.2, -0.15) is 0 Å². The van der Waals surface area contributed by atoms with Crippen LogP contribution in [0.25, 0.3) is 0 Å². The van der Waals surface area contributed by atoms with E-state index >= 15 is 0 Å². The molecule has 2 radical (unpaired) electrons. The molecule has 0 spiro atoms. The summed E-state index contributed by atoms with van der Waals surface area (Å²) in [5, 5.41) is 15.6. The van der Waals surface area contributed by atoms with Crippen molar-refractivity contribution in [2.24, 2.45) is 0 Å². The minimum absolute atomic E-state index is 0. The van der Waals surface area contributed by atoms with E-state index in [0.29, 0.717) is 12.2 Å². The summed E-state index contributed by atoms with van der Waals surface area (Å²) >= 11 is 0. The van der Waals surface area contributed by atoms with Gasteiger partial charge >= 0.3 is 11.9 Å². The second-order valence-corrected chi connectivity index (χ2v) is 1.01. The fourth-order valence-electron chi connectivity index (χ4n) is 0.143. The van der Waals surface area contributed by atoms with E-state index in [1.807, 2.05) is 0 Å². The van der Waals surface area contributed by atoms with Gasteiger partial charge in [0, 0.05) is 29.2 Å². The van der Waals surface area contributed by atoms with Crippen molar-refractivity contribution < 1.29 is 19.8 Å². The average Bonchev–Trinajstić information content (AvgIpc) is 1.61. The van der Waals surface area contributed by atoms with E-state index in [0.717, 1.165) is 0 Å². The molecule has 0 aromatic carbocycles. The summed E-state index contributed by atoms with van der Waals surface area (Å²) in [6.07, 6.45) is 1.12. The minimum Gasteiger partial charge on any atom is -0.478 e. The monoisotopic (exact) mass is 196 g/mol. The van der Waals surface area contributed by atoms with E-state index in [2.05, 4.69) is 0 Å². The molecule has 0 aliphatic rings. The van der Waals surface area contributed by atoms with Gasteiger partial charge in [-0.25, -0.2) is 9.59 Å². The van der Waals surface area contributed by atoms with Gasteiger partial charge in [0.25, 0.3) is 0 Å². The Morgan fingerprint density at radius 1 is 1.00 bits per heavy atom. The number of carboxylic acid groups (broad SMARTS) is 2. The molecule has 50 valence electrons. The van der Waals surface area contributed by atoms with Gasteiger partial charge in [-0.15, -0.1) is 0 Å². The van der Waals surface area contributed by atoms with Crippen LogP contribution in [0.15, 0.2) is 12.2 Å². The third kappa shape index (κ3) is 11.0. The Morgan fingerprint density at radius 2 is 1.22 bits per heavy atom. The predicted molar refractivity (Wildman–Crippen MR) is 30.2 cm³/mol. The maximum Gasteiger partial charge on any atom is 0.328 e. The molecule has 0 unspecified atom stereocenters. The number of aliphatic carboxylic acids is 2. The van der Waals surface area contributed by atoms with Crippen LogP contribution in [-0.4, -0.2) is 39.2 Å². The number of carbonyl (C=O) groups is 2. The fourth-order valence-corrected chi connectivity index (χ4v) is 0.143. The second-order valence-electron chi connectivity index (χ2n) is 1.01. The van der Waals surface area contributed by atoms with Crippen molar-refractivity contribution in [1.82, 2.24) is 0 Å². The van der Waals surface area contributed by atoms with Gasteiger partial charge < -0.3 is 10.2 Å². The molecule has 0 aliphatic carbocycles. The van der Waals surface area contributed by atoms with Crippen LogP contribution in [0.2, 0.25) is 0 Å². The molecule has 0 atom stereocenters. The molecule has 0 aromatic rings. The van der Waals surface area contributed by atoms with E-state index in [1.54, 1.807) is 0 Å². The van der Waals surface area contributed by atoms with Gasteiger partial charge in [0.15, 0.2) is 0 Å². The van der Waals surface area contributed by atoms with Crippen molar-refractivity contribution in [3.63, 3.8) is 0 Å². The maximum absolute atomic E-state index is 9.55. The molecule has 0 rings (SSSR count). The molecule has 0 bridgehead atoms. The smallest absolute Gasteiger partial charge is 0.328 e. The molecule has 0 aromatic heterocycles. The van der Waals surface area contributed by atoms with Crippen LogP contribution < -0.4 is 0 Å². The minimum atomic E-state index is -1.26. The van der Waals surface area contributed by atoms with Crippen molar-refractivity contribution in [3.8, 4) is 0 Å². The number of hydrogen-bond acceptors (Lipinski definition) is 2. The van der Waals surface area contributed by atoms with Crippen molar-refractivity contribution in [3.05, 3.63) is 12.2 Å².